The summed E-state index contributed by atoms with van der Waals surface area (Å²) in [5.74, 6) is -1.10. The Bertz CT molecular complexity index is 713. The molecule has 0 saturated carbocycles. The summed E-state index contributed by atoms with van der Waals surface area (Å²) in [6.45, 7) is 3.85. The van der Waals surface area contributed by atoms with Crippen LogP contribution in [0.1, 0.15) is 12.5 Å². The van der Waals surface area contributed by atoms with E-state index in [1.807, 2.05) is 44.2 Å². The number of anilines is 1. The highest BCUT2D eigenvalue weighted by atomic mass is 79.9. The van der Waals surface area contributed by atoms with Gasteiger partial charge in [-0.15, -0.1) is 0 Å². The van der Waals surface area contributed by atoms with Crippen molar-refractivity contribution in [1.29, 1.82) is 0 Å². The molecule has 2 bridgehead atoms. The number of aryl methyl sites for hydroxylation is 1. The second kappa shape index (κ2) is 4.05. The maximum atomic E-state index is 12.8. The second-order valence-corrected chi connectivity index (χ2v) is 6.93. The summed E-state index contributed by atoms with van der Waals surface area (Å²) in [4.78, 5) is 26.8. The first kappa shape index (κ1) is 13.2. The van der Waals surface area contributed by atoms with Gasteiger partial charge in [-0.2, -0.15) is 0 Å². The highest BCUT2D eigenvalue weighted by molar-refractivity contribution is 9.10. The number of hydrogen-bond acceptors (Lipinski definition) is 3. The second-order valence-electron chi connectivity index (χ2n) is 6.07. The number of benzene rings is 1. The van der Waals surface area contributed by atoms with Crippen molar-refractivity contribution in [1.82, 2.24) is 0 Å². The third-order valence-electron chi connectivity index (χ3n) is 4.74. The normalized spacial score (nSPS) is 36.7. The third kappa shape index (κ3) is 1.59. The molecule has 0 spiro atoms. The minimum absolute atomic E-state index is 0.154. The summed E-state index contributed by atoms with van der Waals surface area (Å²) < 4.78 is 6.70. The van der Waals surface area contributed by atoms with Gasteiger partial charge in [0.2, 0.25) is 11.8 Å². The van der Waals surface area contributed by atoms with Gasteiger partial charge in [-0.25, -0.2) is 4.90 Å². The van der Waals surface area contributed by atoms with Crippen molar-refractivity contribution in [2.24, 2.45) is 11.8 Å². The molecule has 0 aromatic heterocycles. The van der Waals surface area contributed by atoms with Gasteiger partial charge in [-0.05, 0) is 31.5 Å². The van der Waals surface area contributed by atoms with E-state index < -0.39 is 11.5 Å². The standard InChI is InChI=1S/C16H14BrNO3/c1-8-3-4-9(7-10(8)17)18-14(19)12-11-5-6-16(2,21-11)13(12)15(18)20/h3-7,11-13H,1-2H3/t11-,12+,13+,16-/m1/s1. The summed E-state index contributed by atoms with van der Waals surface area (Å²) >= 11 is 3.45. The van der Waals surface area contributed by atoms with Gasteiger partial charge in [0.1, 0.15) is 0 Å². The molecule has 1 aromatic carbocycles. The Morgan fingerprint density at radius 3 is 2.71 bits per heavy atom. The lowest BCUT2D eigenvalue weighted by Crippen LogP contribution is -2.38. The van der Waals surface area contributed by atoms with Gasteiger partial charge in [-0.3, -0.25) is 9.59 Å². The van der Waals surface area contributed by atoms with Crippen molar-refractivity contribution < 1.29 is 14.3 Å². The number of rotatable bonds is 1. The van der Waals surface area contributed by atoms with E-state index in [4.69, 9.17) is 4.74 Å². The fraction of sp³-hybridized carbons (Fsp3) is 0.375. The molecule has 5 heteroatoms. The fourth-order valence-corrected chi connectivity index (χ4v) is 3.99. The Hall–Kier alpha value is -1.46. The zero-order valence-corrected chi connectivity index (χ0v) is 13.3. The number of fused-ring (bicyclic) bond motifs is 5. The summed E-state index contributed by atoms with van der Waals surface area (Å²) in [6, 6.07) is 5.54. The molecule has 21 heavy (non-hydrogen) atoms. The molecule has 2 saturated heterocycles. The van der Waals surface area contributed by atoms with Crippen LogP contribution < -0.4 is 4.90 Å². The molecule has 108 valence electrons. The molecule has 3 aliphatic heterocycles. The van der Waals surface area contributed by atoms with Crippen LogP contribution in [0.2, 0.25) is 0 Å². The minimum Gasteiger partial charge on any atom is -0.362 e. The molecule has 4 atom stereocenters. The van der Waals surface area contributed by atoms with Crippen LogP contribution in [-0.4, -0.2) is 23.5 Å². The van der Waals surface area contributed by atoms with Crippen LogP contribution in [0.15, 0.2) is 34.8 Å². The van der Waals surface area contributed by atoms with Crippen LogP contribution in [0.25, 0.3) is 0 Å². The van der Waals surface area contributed by atoms with Crippen LogP contribution in [0.5, 0.6) is 0 Å². The first-order valence-corrected chi connectivity index (χ1v) is 7.73. The van der Waals surface area contributed by atoms with Crippen molar-refractivity contribution >= 4 is 33.4 Å². The molecule has 0 N–H and O–H groups in total. The van der Waals surface area contributed by atoms with E-state index in [0.29, 0.717) is 5.69 Å². The highest BCUT2D eigenvalue weighted by Gasteiger charge is 2.66. The summed E-state index contributed by atoms with van der Waals surface area (Å²) in [5.41, 5.74) is 1.05. The van der Waals surface area contributed by atoms with Gasteiger partial charge >= 0.3 is 0 Å². The van der Waals surface area contributed by atoms with E-state index in [2.05, 4.69) is 15.9 Å². The largest absolute Gasteiger partial charge is 0.362 e. The summed E-state index contributed by atoms with van der Waals surface area (Å²) in [5, 5.41) is 0. The van der Waals surface area contributed by atoms with Gasteiger partial charge in [0.15, 0.2) is 0 Å². The first-order chi connectivity index (χ1) is 9.92. The van der Waals surface area contributed by atoms with E-state index in [-0.39, 0.29) is 23.8 Å². The van der Waals surface area contributed by atoms with E-state index in [1.165, 1.54) is 4.90 Å². The molecule has 3 aliphatic rings. The summed E-state index contributed by atoms with van der Waals surface area (Å²) in [6.07, 6.45) is 3.55. The van der Waals surface area contributed by atoms with E-state index in [0.717, 1.165) is 10.0 Å². The maximum Gasteiger partial charge on any atom is 0.241 e. The maximum absolute atomic E-state index is 12.8. The van der Waals surface area contributed by atoms with Crippen LogP contribution in [0.3, 0.4) is 0 Å². The van der Waals surface area contributed by atoms with Gasteiger partial charge in [0, 0.05) is 4.47 Å². The van der Waals surface area contributed by atoms with Gasteiger partial charge in [0.05, 0.1) is 29.2 Å². The monoisotopic (exact) mass is 347 g/mol. The molecule has 4 rings (SSSR count). The quantitative estimate of drug-likeness (QED) is 0.579. The number of hydrogen-bond donors (Lipinski definition) is 0. The predicted octanol–water partition coefficient (Wildman–Crippen LogP) is 2.59. The zero-order chi connectivity index (χ0) is 14.9. The average molecular weight is 348 g/mol. The van der Waals surface area contributed by atoms with Crippen molar-refractivity contribution in [2.75, 3.05) is 4.90 Å². The highest BCUT2D eigenvalue weighted by Crippen LogP contribution is 2.52. The lowest BCUT2D eigenvalue weighted by atomic mass is 9.78. The Morgan fingerprint density at radius 1 is 1.29 bits per heavy atom. The van der Waals surface area contributed by atoms with Crippen LogP contribution in [-0.2, 0) is 14.3 Å². The molecule has 3 heterocycles. The van der Waals surface area contributed by atoms with Gasteiger partial charge in [0.25, 0.3) is 0 Å². The zero-order valence-electron chi connectivity index (χ0n) is 11.7. The molecule has 0 aliphatic carbocycles. The van der Waals surface area contributed by atoms with Crippen LogP contribution in [0.4, 0.5) is 5.69 Å². The molecule has 0 radical (unpaired) electrons. The smallest absolute Gasteiger partial charge is 0.241 e. The average Bonchev–Trinajstić information content (AvgIpc) is 3.03. The van der Waals surface area contributed by atoms with E-state index in [1.54, 1.807) is 0 Å². The molecular formula is C16H14BrNO3. The SMILES string of the molecule is Cc1ccc(N2C(=O)[C@@H]3[C@@H](C2=O)[C@@]2(C)C=C[C@H]3O2)cc1Br. The van der Waals surface area contributed by atoms with E-state index >= 15 is 0 Å². The minimum atomic E-state index is -0.640. The number of carbonyl (C=O) groups excluding carboxylic acids is 2. The number of imide groups is 1. The van der Waals surface area contributed by atoms with Crippen LogP contribution in [0, 0.1) is 18.8 Å². The number of ether oxygens (including phenoxy) is 1. The Morgan fingerprint density at radius 2 is 2.05 bits per heavy atom. The lowest BCUT2D eigenvalue weighted by molar-refractivity contribution is -0.126. The molecule has 2 amide bonds. The molecular weight excluding hydrogens is 334 g/mol. The topological polar surface area (TPSA) is 46.6 Å². The van der Waals surface area contributed by atoms with Crippen molar-refractivity contribution in [3.05, 3.63) is 40.4 Å². The number of halogens is 1. The summed E-state index contributed by atoms with van der Waals surface area (Å²) in [7, 11) is 0. The fourth-order valence-electron chi connectivity index (χ4n) is 3.63. The Balaban J connectivity index is 1.78. The van der Waals surface area contributed by atoms with Crippen molar-refractivity contribution in [3.63, 3.8) is 0 Å². The Kier molecular flexibility index (Phi) is 2.55. The Labute approximate surface area is 130 Å². The number of amides is 2. The molecule has 2 fully saturated rings. The third-order valence-corrected chi connectivity index (χ3v) is 5.60. The van der Waals surface area contributed by atoms with Crippen molar-refractivity contribution in [2.45, 2.75) is 25.6 Å². The van der Waals surface area contributed by atoms with E-state index in [9.17, 15) is 9.59 Å². The molecule has 1 aromatic rings. The predicted molar refractivity (Wildman–Crippen MR) is 80.8 cm³/mol. The molecule has 0 unspecified atom stereocenters. The van der Waals surface area contributed by atoms with Crippen LogP contribution >= 0.6 is 15.9 Å². The molecule has 4 nitrogen and oxygen atoms in total. The first-order valence-electron chi connectivity index (χ1n) is 6.93. The van der Waals surface area contributed by atoms with Gasteiger partial charge < -0.3 is 4.74 Å². The number of nitrogens with zero attached hydrogens (tertiary/aromatic N) is 1. The lowest BCUT2D eigenvalue weighted by Gasteiger charge is -2.24. The van der Waals surface area contributed by atoms with Crippen molar-refractivity contribution in [3.8, 4) is 0 Å². The van der Waals surface area contributed by atoms with Gasteiger partial charge in [-0.1, -0.05) is 34.1 Å². The number of carbonyl (C=O) groups is 2.